The molecular formula is C22H19ClN2O4. The predicted octanol–water partition coefficient (Wildman–Crippen LogP) is 3.85. The Labute approximate surface area is 172 Å². The number of ether oxygens (including phenoxy) is 2. The van der Waals surface area contributed by atoms with Gasteiger partial charge in [-0.3, -0.25) is 9.59 Å². The molecular weight excluding hydrogens is 392 g/mol. The predicted molar refractivity (Wildman–Crippen MR) is 111 cm³/mol. The van der Waals surface area contributed by atoms with Gasteiger partial charge in [0.1, 0.15) is 0 Å². The molecule has 1 N–H and O–H groups in total. The lowest BCUT2D eigenvalue weighted by Gasteiger charge is -2.11. The number of carbonyl (C=O) groups is 1. The first kappa shape index (κ1) is 19.1. The van der Waals surface area contributed by atoms with Gasteiger partial charge in [0.15, 0.2) is 11.5 Å². The van der Waals surface area contributed by atoms with Crippen molar-refractivity contribution in [2.75, 3.05) is 12.1 Å². The number of anilines is 1. The quantitative estimate of drug-likeness (QED) is 0.670. The van der Waals surface area contributed by atoms with Crippen molar-refractivity contribution in [1.29, 1.82) is 0 Å². The molecule has 0 fully saturated rings. The maximum atomic E-state index is 12.4. The number of hydrogen-bond acceptors (Lipinski definition) is 4. The van der Waals surface area contributed by atoms with E-state index in [0.29, 0.717) is 35.8 Å². The summed E-state index contributed by atoms with van der Waals surface area (Å²) in [5, 5.41) is 3.44. The topological polar surface area (TPSA) is 69.6 Å². The second kappa shape index (κ2) is 8.41. The van der Waals surface area contributed by atoms with Crippen molar-refractivity contribution < 1.29 is 14.3 Å². The third kappa shape index (κ3) is 4.60. The average Bonchev–Trinajstić information content (AvgIpc) is 3.18. The molecule has 2 heterocycles. The van der Waals surface area contributed by atoms with E-state index < -0.39 is 0 Å². The van der Waals surface area contributed by atoms with Gasteiger partial charge in [-0.15, -0.1) is 0 Å². The number of fused-ring (bicyclic) bond motifs is 1. The lowest BCUT2D eigenvalue weighted by Crippen LogP contribution is -2.21. The number of halogens is 1. The van der Waals surface area contributed by atoms with Crippen LogP contribution >= 0.6 is 11.6 Å². The molecule has 1 aliphatic rings. The third-order valence-corrected chi connectivity index (χ3v) is 5.01. The van der Waals surface area contributed by atoms with Crippen LogP contribution in [0.5, 0.6) is 11.5 Å². The van der Waals surface area contributed by atoms with E-state index in [4.69, 9.17) is 21.1 Å². The van der Waals surface area contributed by atoms with Crippen LogP contribution in [0.15, 0.2) is 65.6 Å². The highest BCUT2D eigenvalue weighted by Crippen LogP contribution is 2.32. The summed E-state index contributed by atoms with van der Waals surface area (Å²) in [4.78, 5) is 24.5. The van der Waals surface area contributed by atoms with Gasteiger partial charge >= 0.3 is 0 Å². The molecule has 148 valence electrons. The Balaban J connectivity index is 1.39. The summed E-state index contributed by atoms with van der Waals surface area (Å²) in [5.74, 6) is 1.29. The maximum absolute atomic E-state index is 12.4. The van der Waals surface area contributed by atoms with E-state index in [0.717, 1.165) is 16.9 Å². The molecule has 1 aromatic heterocycles. The Morgan fingerprint density at radius 2 is 1.90 bits per heavy atom. The molecule has 29 heavy (non-hydrogen) atoms. The molecule has 0 bridgehead atoms. The summed E-state index contributed by atoms with van der Waals surface area (Å²) in [7, 11) is 0. The minimum absolute atomic E-state index is 0.134. The second-order valence-corrected chi connectivity index (χ2v) is 7.12. The standard InChI is InChI=1S/C22H19ClN2O4/c23-18-4-2-1-3-16(18)12-25-13-17(7-10-22(25)27)24-21(26)9-6-15-5-8-19-20(11-15)29-14-28-19/h1-5,7-8,10-11,13H,6,9,12,14H2,(H,24,26). The van der Waals surface area contributed by atoms with Crippen LogP contribution < -0.4 is 20.3 Å². The zero-order valence-corrected chi connectivity index (χ0v) is 16.3. The number of hydrogen-bond donors (Lipinski definition) is 1. The molecule has 0 radical (unpaired) electrons. The summed E-state index contributed by atoms with van der Waals surface area (Å²) in [5.41, 5.74) is 2.23. The molecule has 1 amide bonds. The Bertz CT molecular complexity index is 1110. The molecule has 0 saturated carbocycles. The highest BCUT2D eigenvalue weighted by atomic mass is 35.5. The molecule has 0 aliphatic carbocycles. The lowest BCUT2D eigenvalue weighted by atomic mass is 10.1. The zero-order valence-electron chi connectivity index (χ0n) is 15.6. The number of benzene rings is 2. The van der Waals surface area contributed by atoms with E-state index >= 15 is 0 Å². The monoisotopic (exact) mass is 410 g/mol. The minimum Gasteiger partial charge on any atom is -0.454 e. The maximum Gasteiger partial charge on any atom is 0.250 e. The van der Waals surface area contributed by atoms with Gasteiger partial charge in [-0.2, -0.15) is 0 Å². The summed E-state index contributed by atoms with van der Waals surface area (Å²) >= 11 is 6.18. The molecule has 4 rings (SSSR count). The summed E-state index contributed by atoms with van der Waals surface area (Å²) in [6, 6.07) is 16.0. The van der Waals surface area contributed by atoms with Gasteiger partial charge in [0.25, 0.3) is 5.56 Å². The first-order valence-electron chi connectivity index (χ1n) is 9.21. The lowest BCUT2D eigenvalue weighted by molar-refractivity contribution is -0.116. The van der Waals surface area contributed by atoms with Crippen molar-refractivity contribution in [2.24, 2.45) is 0 Å². The number of amides is 1. The van der Waals surface area contributed by atoms with Gasteiger partial charge in [0.05, 0.1) is 12.2 Å². The van der Waals surface area contributed by atoms with Crippen LogP contribution in [0.4, 0.5) is 5.69 Å². The van der Waals surface area contributed by atoms with Crippen LogP contribution in [0.2, 0.25) is 5.02 Å². The van der Waals surface area contributed by atoms with Crippen LogP contribution in [0, 0.1) is 0 Å². The molecule has 1 aliphatic heterocycles. The Kier molecular flexibility index (Phi) is 5.53. The van der Waals surface area contributed by atoms with Crippen LogP contribution in [-0.2, 0) is 17.8 Å². The van der Waals surface area contributed by atoms with Crippen LogP contribution in [0.25, 0.3) is 0 Å². The van der Waals surface area contributed by atoms with Gasteiger partial charge in [-0.1, -0.05) is 35.9 Å². The Morgan fingerprint density at radius 3 is 2.76 bits per heavy atom. The van der Waals surface area contributed by atoms with Gasteiger partial charge in [-0.05, 0) is 41.8 Å². The molecule has 7 heteroatoms. The largest absolute Gasteiger partial charge is 0.454 e. The molecule has 0 atom stereocenters. The molecule has 6 nitrogen and oxygen atoms in total. The summed E-state index contributed by atoms with van der Waals surface area (Å²) < 4.78 is 12.2. The van der Waals surface area contributed by atoms with E-state index in [1.165, 1.54) is 10.6 Å². The molecule has 2 aromatic carbocycles. The zero-order chi connectivity index (χ0) is 20.2. The van der Waals surface area contributed by atoms with E-state index in [2.05, 4.69) is 5.32 Å². The fourth-order valence-electron chi connectivity index (χ4n) is 3.12. The minimum atomic E-state index is -0.164. The fourth-order valence-corrected chi connectivity index (χ4v) is 3.31. The van der Waals surface area contributed by atoms with Crippen molar-refractivity contribution in [3.8, 4) is 11.5 Å². The average molecular weight is 411 g/mol. The molecule has 3 aromatic rings. The van der Waals surface area contributed by atoms with Gasteiger partial charge in [0.2, 0.25) is 12.7 Å². The first-order valence-corrected chi connectivity index (χ1v) is 9.58. The fraction of sp³-hybridized carbons (Fsp3) is 0.182. The highest BCUT2D eigenvalue weighted by molar-refractivity contribution is 6.31. The van der Waals surface area contributed by atoms with E-state index in [-0.39, 0.29) is 18.3 Å². The van der Waals surface area contributed by atoms with E-state index in [9.17, 15) is 9.59 Å². The van der Waals surface area contributed by atoms with E-state index in [1.807, 2.05) is 36.4 Å². The summed E-state index contributed by atoms with van der Waals surface area (Å²) in [6.45, 7) is 0.558. The Hall–Kier alpha value is -3.25. The molecule has 0 saturated heterocycles. The van der Waals surface area contributed by atoms with Crippen LogP contribution in [0.3, 0.4) is 0 Å². The Morgan fingerprint density at radius 1 is 1.07 bits per heavy atom. The van der Waals surface area contributed by atoms with Crippen molar-refractivity contribution in [1.82, 2.24) is 4.57 Å². The van der Waals surface area contributed by atoms with Crippen LogP contribution in [0.1, 0.15) is 17.5 Å². The van der Waals surface area contributed by atoms with Crippen molar-refractivity contribution in [3.63, 3.8) is 0 Å². The van der Waals surface area contributed by atoms with Crippen LogP contribution in [-0.4, -0.2) is 17.3 Å². The number of aromatic nitrogens is 1. The second-order valence-electron chi connectivity index (χ2n) is 6.71. The SMILES string of the molecule is O=C(CCc1ccc2c(c1)OCO2)Nc1ccc(=O)n(Cc2ccccc2Cl)c1. The normalized spacial score (nSPS) is 12.0. The number of carbonyl (C=O) groups excluding carboxylic acids is 1. The number of nitrogens with one attached hydrogen (secondary N) is 1. The van der Waals surface area contributed by atoms with Gasteiger partial charge in [-0.25, -0.2) is 0 Å². The highest BCUT2D eigenvalue weighted by Gasteiger charge is 2.14. The molecule has 0 spiro atoms. The van der Waals surface area contributed by atoms with Crippen molar-refractivity contribution in [2.45, 2.75) is 19.4 Å². The number of nitrogens with zero attached hydrogens (tertiary/aromatic N) is 1. The van der Waals surface area contributed by atoms with Gasteiger partial charge in [0, 0.05) is 23.7 Å². The number of pyridine rings is 1. The third-order valence-electron chi connectivity index (χ3n) is 4.64. The molecule has 0 unspecified atom stereocenters. The number of rotatable bonds is 6. The van der Waals surface area contributed by atoms with Gasteiger partial charge < -0.3 is 19.4 Å². The van der Waals surface area contributed by atoms with Crippen molar-refractivity contribution in [3.05, 3.63) is 87.3 Å². The van der Waals surface area contributed by atoms with E-state index in [1.54, 1.807) is 18.3 Å². The number of aryl methyl sites for hydroxylation is 1. The van der Waals surface area contributed by atoms with Crippen molar-refractivity contribution >= 4 is 23.2 Å². The first-order chi connectivity index (χ1) is 14.1. The summed E-state index contributed by atoms with van der Waals surface area (Å²) in [6.07, 6.45) is 2.51. The smallest absolute Gasteiger partial charge is 0.250 e.